The van der Waals surface area contributed by atoms with Crippen molar-refractivity contribution in [2.75, 3.05) is 6.61 Å². The lowest BCUT2D eigenvalue weighted by atomic mass is 9.86. The summed E-state index contributed by atoms with van der Waals surface area (Å²) in [4.78, 5) is 11.9. The van der Waals surface area contributed by atoms with E-state index in [2.05, 4.69) is 13.8 Å². The molecule has 0 aromatic heterocycles. The van der Waals surface area contributed by atoms with Crippen molar-refractivity contribution in [1.82, 2.24) is 0 Å². The molecular weight excluding hydrogens is 228 g/mol. The van der Waals surface area contributed by atoms with Crippen LogP contribution in [0.3, 0.4) is 0 Å². The van der Waals surface area contributed by atoms with Crippen LogP contribution in [0.2, 0.25) is 0 Å². The maximum Gasteiger partial charge on any atom is 0.311 e. The summed E-state index contributed by atoms with van der Waals surface area (Å²) in [5.74, 6) is 0.0224. The number of ether oxygens (including phenoxy) is 1. The number of carbonyl (C=O) groups is 1. The third kappa shape index (κ3) is 4.97. The van der Waals surface area contributed by atoms with E-state index in [4.69, 9.17) is 4.74 Å². The first kappa shape index (κ1) is 15.5. The molecule has 18 heavy (non-hydrogen) atoms. The summed E-state index contributed by atoms with van der Waals surface area (Å²) >= 11 is 0. The topological polar surface area (TPSA) is 46.5 Å². The van der Waals surface area contributed by atoms with E-state index in [0.29, 0.717) is 12.5 Å². The molecule has 1 aliphatic carbocycles. The van der Waals surface area contributed by atoms with Crippen LogP contribution in [0.1, 0.15) is 65.2 Å². The van der Waals surface area contributed by atoms with Gasteiger partial charge < -0.3 is 9.84 Å². The van der Waals surface area contributed by atoms with Gasteiger partial charge in [0.2, 0.25) is 0 Å². The molecule has 1 aliphatic rings. The molecule has 0 spiro atoms. The molecule has 0 aromatic rings. The van der Waals surface area contributed by atoms with Crippen LogP contribution in [0.4, 0.5) is 0 Å². The Labute approximate surface area is 111 Å². The maximum atomic E-state index is 11.9. The number of esters is 1. The fraction of sp³-hybridized carbons (Fsp3) is 0.933. The molecule has 1 N–H and O–H groups in total. The number of aliphatic hydroxyl groups is 1. The minimum atomic E-state index is -0.484. The minimum absolute atomic E-state index is 0.183. The SMILES string of the molecule is CCCC[C@@H](CC)COC(=O)[C@@H]1CCCC[C@@H]1O. The second kappa shape index (κ2) is 8.52. The summed E-state index contributed by atoms with van der Waals surface area (Å²) in [7, 11) is 0. The predicted octanol–water partition coefficient (Wildman–Crippen LogP) is 3.30. The van der Waals surface area contributed by atoms with Gasteiger partial charge in [-0.1, -0.05) is 46.0 Å². The third-order valence-corrected chi connectivity index (χ3v) is 4.04. The van der Waals surface area contributed by atoms with E-state index in [1.807, 2.05) is 0 Å². The molecule has 0 unspecified atom stereocenters. The number of carbonyl (C=O) groups excluding carboxylic acids is 1. The summed E-state index contributed by atoms with van der Waals surface area (Å²) in [5, 5.41) is 9.80. The Balaban J connectivity index is 2.29. The minimum Gasteiger partial charge on any atom is -0.465 e. The monoisotopic (exact) mass is 256 g/mol. The highest BCUT2D eigenvalue weighted by atomic mass is 16.5. The third-order valence-electron chi connectivity index (χ3n) is 4.04. The summed E-state index contributed by atoms with van der Waals surface area (Å²) in [6, 6.07) is 0. The van der Waals surface area contributed by atoms with Gasteiger partial charge in [0.25, 0.3) is 0 Å². The fourth-order valence-corrected chi connectivity index (χ4v) is 2.59. The molecule has 3 atom stereocenters. The average Bonchev–Trinajstić information content (AvgIpc) is 2.39. The largest absolute Gasteiger partial charge is 0.465 e. The standard InChI is InChI=1S/C15H28O3/c1-3-5-8-12(4-2)11-18-15(17)13-9-6-7-10-14(13)16/h12-14,16H,3-11H2,1-2H3/t12-,13-,14+/m1/s1. The van der Waals surface area contributed by atoms with Crippen molar-refractivity contribution in [1.29, 1.82) is 0 Å². The Morgan fingerprint density at radius 1 is 1.33 bits per heavy atom. The average molecular weight is 256 g/mol. The van der Waals surface area contributed by atoms with Gasteiger partial charge in [-0.2, -0.15) is 0 Å². The molecule has 1 fully saturated rings. The van der Waals surface area contributed by atoms with Gasteiger partial charge in [-0.15, -0.1) is 0 Å². The van der Waals surface area contributed by atoms with E-state index in [0.717, 1.165) is 38.5 Å². The molecule has 0 amide bonds. The van der Waals surface area contributed by atoms with Crippen molar-refractivity contribution in [3.63, 3.8) is 0 Å². The van der Waals surface area contributed by atoms with Crippen LogP contribution in [-0.2, 0) is 9.53 Å². The number of hydrogen-bond donors (Lipinski definition) is 1. The molecule has 3 heteroatoms. The summed E-state index contributed by atoms with van der Waals surface area (Å²) < 4.78 is 5.40. The summed E-state index contributed by atoms with van der Waals surface area (Å²) in [5.41, 5.74) is 0. The van der Waals surface area contributed by atoms with E-state index in [1.165, 1.54) is 12.8 Å². The summed E-state index contributed by atoms with van der Waals surface area (Å²) in [6.07, 6.45) is 7.67. The molecule has 106 valence electrons. The molecule has 0 aromatic carbocycles. The molecule has 1 saturated carbocycles. The van der Waals surface area contributed by atoms with Crippen LogP contribution in [0.5, 0.6) is 0 Å². The highest BCUT2D eigenvalue weighted by Crippen LogP contribution is 2.26. The highest BCUT2D eigenvalue weighted by molar-refractivity contribution is 5.73. The molecule has 0 radical (unpaired) electrons. The molecular formula is C15H28O3. The Kier molecular flexibility index (Phi) is 7.33. The van der Waals surface area contributed by atoms with Gasteiger partial charge in [0.05, 0.1) is 18.6 Å². The van der Waals surface area contributed by atoms with E-state index in [-0.39, 0.29) is 11.9 Å². The summed E-state index contributed by atoms with van der Waals surface area (Å²) in [6.45, 7) is 4.85. The molecule has 0 aliphatic heterocycles. The van der Waals surface area contributed by atoms with Crippen molar-refractivity contribution < 1.29 is 14.6 Å². The normalized spacial score (nSPS) is 25.7. The van der Waals surface area contributed by atoms with Gasteiger partial charge in [-0.05, 0) is 25.2 Å². The quantitative estimate of drug-likeness (QED) is 0.711. The zero-order valence-corrected chi connectivity index (χ0v) is 11.9. The van der Waals surface area contributed by atoms with E-state index in [1.54, 1.807) is 0 Å². The lowest BCUT2D eigenvalue weighted by Crippen LogP contribution is -2.33. The number of rotatable bonds is 7. The van der Waals surface area contributed by atoms with Crippen molar-refractivity contribution in [3.05, 3.63) is 0 Å². The van der Waals surface area contributed by atoms with E-state index in [9.17, 15) is 9.90 Å². The Morgan fingerprint density at radius 3 is 2.67 bits per heavy atom. The van der Waals surface area contributed by atoms with Crippen molar-refractivity contribution in [2.24, 2.45) is 11.8 Å². The Morgan fingerprint density at radius 2 is 2.06 bits per heavy atom. The van der Waals surface area contributed by atoms with Gasteiger partial charge in [0.15, 0.2) is 0 Å². The molecule has 0 heterocycles. The van der Waals surface area contributed by atoms with Crippen molar-refractivity contribution >= 4 is 5.97 Å². The number of unbranched alkanes of at least 4 members (excludes halogenated alkanes) is 1. The zero-order chi connectivity index (χ0) is 13.4. The van der Waals surface area contributed by atoms with Crippen molar-refractivity contribution in [2.45, 2.75) is 71.3 Å². The van der Waals surface area contributed by atoms with Crippen molar-refractivity contribution in [3.8, 4) is 0 Å². The predicted molar refractivity (Wildman–Crippen MR) is 72.2 cm³/mol. The van der Waals surface area contributed by atoms with Crippen LogP contribution >= 0.6 is 0 Å². The first-order chi connectivity index (χ1) is 8.69. The lowest BCUT2D eigenvalue weighted by Gasteiger charge is -2.26. The van der Waals surface area contributed by atoms with Crippen LogP contribution in [-0.4, -0.2) is 23.8 Å². The lowest BCUT2D eigenvalue weighted by molar-refractivity contribution is -0.155. The second-order valence-corrected chi connectivity index (χ2v) is 5.50. The van der Waals surface area contributed by atoms with Gasteiger partial charge in [0, 0.05) is 0 Å². The molecule has 3 nitrogen and oxygen atoms in total. The first-order valence-electron chi connectivity index (χ1n) is 7.53. The van der Waals surface area contributed by atoms with Crippen LogP contribution in [0.25, 0.3) is 0 Å². The Hall–Kier alpha value is -0.570. The maximum absolute atomic E-state index is 11.9. The van der Waals surface area contributed by atoms with E-state index < -0.39 is 6.10 Å². The number of hydrogen-bond acceptors (Lipinski definition) is 3. The molecule has 0 saturated heterocycles. The fourth-order valence-electron chi connectivity index (χ4n) is 2.59. The zero-order valence-electron chi connectivity index (χ0n) is 11.9. The Bertz CT molecular complexity index is 240. The highest BCUT2D eigenvalue weighted by Gasteiger charge is 2.30. The van der Waals surface area contributed by atoms with Crippen LogP contribution in [0.15, 0.2) is 0 Å². The molecule has 0 bridgehead atoms. The van der Waals surface area contributed by atoms with Gasteiger partial charge >= 0.3 is 5.97 Å². The smallest absolute Gasteiger partial charge is 0.311 e. The van der Waals surface area contributed by atoms with Crippen LogP contribution in [0, 0.1) is 11.8 Å². The molecule has 1 rings (SSSR count). The van der Waals surface area contributed by atoms with E-state index >= 15 is 0 Å². The van der Waals surface area contributed by atoms with Crippen LogP contribution < -0.4 is 0 Å². The van der Waals surface area contributed by atoms with Gasteiger partial charge in [0.1, 0.15) is 0 Å². The second-order valence-electron chi connectivity index (χ2n) is 5.50. The number of aliphatic hydroxyl groups excluding tert-OH is 1. The van der Waals surface area contributed by atoms with Gasteiger partial charge in [-0.25, -0.2) is 0 Å². The first-order valence-corrected chi connectivity index (χ1v) is 7.53. The van der Waals surface area contributed by atoms with Gasteiger partial charge in [-0.3, -0.25) is 4.79 Å².